The highest BCUT2D eigenvalue weighted by molar-refractivity contribution is 5.75. The molecular weight excluding hydrogens is 216 g/mol. The van der Waals surface area contributed by atoms with Crippen LogP contribution in [0.2, 0.25) is 0 Å². The van der Waals surface area contributed by atoms with Crippen molar-refractivity contribution in [2.45, 2.75) is 34.1 Å². The quantitative estimate of drug-likeness (QED) is 0.647. The van der Waals surface area contributed by atoms with Crippen LogP contribution in [0.25, 0.3) is 5.57 Å². The van der Waals surface area contributed by atoms with Gasteiger partial charge in [-0.2, -0.15) is 0 Å². The summed E-state index contributed by atoms with van der Waals surface area (Å²) in [5, 5.41) is 0. The van der Waals surface area contributed by atoms with Gasteiger partial charge in [0.1, 0.15) is 0 Å². The lowest BCUT2D eigenvalue weighted by Crippen LogP contribution is -2.05. The first-order valence-corrected chi connectivity index (χ1v) is 6.71. The van der Waals surface area contributed by atoms with E-state index in [4.69, 9.17) is 0 Å². The third-order valence-electron chi connectivity index (χ3n) is 3.44. The van der Waals surface area contributed by atoms with Crippen LogP contribution in [0.5, 0.6) is 0 Å². The standard InChI is InChI=1S/C18H22/c1-5-17(14-9-7-6-8-10-14)15-11-12-16(13-15)18(2,3)4/h6-13H,5H2,1-4H3. The van der Waals surface area contributed by atoms with Gasteiger partial charge in [-0.1, -0.05) is 76.3 Å². The van der Waals surface area contributed by atoms with E-state index in [9.17, 15) is 0 Å². The number of hydrogen-bond acceptors (Lipinski definition) is 0. The van der Waals surface area contributed by atoms with E-state index in [0.717, 1.165) is 6.42 Å². The molecule has 0 heteroatoms. The third-order valence-corrected chi connectivity index (χ3v) is 3.44. The predicted octanol–water partition coefficient (Wildman–Crippen LogP) is 5.39. The normalized spacial score (nSPS) is 17.9. The Balaban J connectivity index is 2.43. The highest BCUT2D eigenvalue weighted by Crippen LogP contribution is 2.35. The summed E-state index contributed by atoms with van der Waals surface area (Å²) < 4.78 is 0. The smallest absolute Gasteiger partial charge is 0.0132 e. The van der Waals surface area contributed by atoms with Crippen molar-refractivity contribution >= 4 is 5.57 Å². The Morgan fingerprint density at radius 1 is 1.00 bits per heavy atom. The van der Waals surface area contributed by atoms with Gasteiger partial charge in [0.05, 0.1) is 0 Å². The molecule has 0 aromatic heterocycles. The fourth-order valence-electron chi connectivity index (χ4n) is 2.31. The number of benzene rings is 1. The number of hydrogen-bond donors (Lipinski definition) is 0. The summed E-state index contributed by atoms with van der Waals surface area (Å²) in [7, 11) is 0. The minimum absolute atomic E-state index is 0.230. The molecular formula is C18H22. The summed E-state index contributed by atoms with van der Waals surface area (Å²) in [6.45, 7) is 9.02. The maximum atomic E-state index is 2.34. The number of rotatable bonds is 2. The van der Waals surface area contributed by atoms with E-state index in [2.05, 4.69) is 76.3 Å². The molecule has 1 aromatic carbocycles. The van der Waals surface area contributed by atoms with Gasteiger partial charge in [-0.3, -0.25) is 0 Å². The van der Waals surface area contributed by atoms with Crippen LogP contribution in [0.15, 0.2) is 59.7 Å². The Labute approximate surface area is 111 Å². The Bertz CT molecular complexity index is 505. The molecule has 2 rings (SSSR count). The monoisotopic (exact) mass is 238 g/mol. The average Bonchev–Trinajstić information content (AvgIpc) is 2.81. The van der Waals surface area contributed by atoms with Gasteiger partial charge >= 0.3 is 0 Å². The summed E-state index contributed by atoms with van der Waals surface area (Å²) in [4.78, 5) is 0. The SMILES string of the molecule is CCC(=C1C=CC(C(C)(C)C)=C1)c1ccccc1. The van der Waals surface area contributed by atoms with Crippen molar-refractivity contribution in [1.82, 2.24) is 0 Å². The van der Waals surface area contributed by atoms with Crippen LogP contribution in [0.1, 0.15) is 39.7 Å². The van der Waals surface area contributed by atoms with Gasteiger partial charge in [-0.15, -0.1) is 0 Å². The Kier molecular flexibility index (Phi) is 3.56. The summed E-state index contributed by atoms with van der Waals surface area (Å²) in [6, 6.07) is 10.7. The topological polar surface area (TPSA) is 0 Å². The lowest BCUT2D eigenvalue weighted by atomic mass is 9.87. The molecule has 0 atom stereocenters. The first-order chi connectivity index (χ1) is 8.52. The van der Waals surface area contributed by atoms with E-state index < -0.39 is 0 Å². The summed E-state index contributed by atoms with van der Waals surface area (Å²) in [5.74, 6) is 0. The molecule has 0 spiro atoms. The largest absolute Gasteiger partial charge is 0.0622 e. The minimum atomic E-state index is 0.230. The predicted molar refractivity (Wildman–Crippen MR) is 80.3 cm³/mol. The van der Waals surface area contributed by atoms with Gasteiger partial charge in [0.2, 0.25) is 0 Å². The molecule has 0 bridgehead atoms. The van der Waals surface area contributed by atoms with Crippen LogP contribution in [0, 0.1) is 5.41 Å². The third kappa shape index (κ3) is 2.64. The zero-order chi connectivity index (χ0) is 13.2. The molecule has 1 aliphatic rings. The molecule has 0 N–H and O–H groups in total. The molecule has 0 amide bonds. The van der Waals surface area contributed by atoms with Crippen LogP contribution in [0.4, 0.5) is 0 Å². The summed E-state index contributed by atoms with van der Waals surface area (Å²) in [6.07, 6.45) is 7.92. The van der Waals surface area contributed by atoms with Crippen LogP contribution < -0.4 is 0 Å². The average molecular weight is 238 g/mol. The molecule has 1 aliphatic carbocycles. The van der Waals surface area contributed by atoms with Gasteiger partial charge in [-0.05, 0) is 34.1 Å². The van der Waals surface area contributed by atoms with Crippen LogP contribution in [0.3, 0.4) is 0 Å². The molecule has 0 radical (unpaired) electrons. The van der Waals surface area contributed by atoms with E-state index in [1.807, 2.05) is 0 Å². The van der Waals surface area contributed by atoms with E-state index in [1.54, 1.807) is 0 Å². The second-order valence-electron chi connectivity index (χ2n) is 5.84. The second kappa shape index (κ2) is 4.97. The lowest BCUT2D eigenvalue weighted by molar-refractivity contribution is 0.518. The van der Waals surface area contributed by atoms with Gasteiger partial charge < -0.3 is 0 Å². The molecule has 1 aromatic rings. The maximum Gasteiger partial charge on any atom is -0.0132 e. The molecule has 0 nitrogen and oxygen atoms in total. The maximum absolute atomic E-state index is 2.34. The van der Waals surface area contributed by atoms with Gasteiger partial charge in [-0.25, -0.2) is 0 Å². The Hall–Kier alpha value is -1.56. The van der Waals surface area contributed by atoms with Crippen molar-refractivity contribution in [2.75, 3.05) is 0 Å². The van der Waals surface area contributed by atoms with Gasteiger partial charge in [0.15, 0.2) is 0 Å². The van der Waals surface area contributed by atoms with Crippen molar-refractivity contribution in [2.24, 2.45) is 5.41 Å². The van der Waals surface area contributed by atoms with Crippen LogP contribution >= 0.6 is 0 Å². The summed E-state index contributed by atoms with van der Waals surface area (Å²) in [5.41, 5.74) is 5.79. The highest BCUT2D eigenvalue weighted by Gasteiger charge is 2.18. The molecule has 94 valence electrons. The van der Waals surface area contributed by atoms with E-state index >= 15 is 0 Å². The molecule has 0 heterocycles. The molecule has 0 saturated carbocycles. The van der Waals surface area contributed by atoms with Crippen molar-refractivity contribution in [3.8, 4) is 0 Å². The van der Waals surface area contributed by atoms with E-state index in [-0.39, 0.29) is 5.41 Å². The molecule has 0 saturated heterocycles. The molecule has 0 fully saturated rings. The van der Waals surface area contributed by atoms with Gasteiger partial charge in [0, 0.05) is 0 Å². The fourth-order valence-corrected chi connectivity index (χ4v) is 2.31. The van der Waals surface area contributed by atoms with Crippen molar-refractivity contribution in [3.63, 3.8) is 0 Å². The van der Waals surface area contributed by atoms with Crippen molar-refractivity contribution in [1.29, 1.82) is 0 Å². The van der Waals surface area contributed by atoms with Gasteiger partial charge in [0.25, 0.3) is 0 Å². The van der Waals surface area contributed by atoms with Crippen molar-refractivity contribution in [3.05, 3.63) is 65.3 Å². The first-order valence-electron chi connectivity index (χ1n) is 6.71. The first kappa shape index (κ1) is 12.9. The minimum Gasteiger partial charge on any atom is -0.0622 e. The van der Waals surface area contributed by atoms with Crippen LogP contribution in [-0.2, 0) is 0 Å². The van der Waals surface area contributed by atoms with E-state index in [0.29, 0.717) is 0 Å². The zero-order valence-corrected chi connectivity index (χ0v) is 11.8. The zero-order valence-electron chi connectivity index (χ0n) is 11.8. The Morgan fingerprint density at radius 3 is 2.17 bits per heavy atom. The summed E-state index contributed by atoms with van der Waals surface area (Å²) >= 11 is 0. The highest BCUT2D eigenvalue weighted by atomic mass is 14.2. The fraction of sp³-hybridized carbons (Fsp3) is 0.333. The van der Waals surface area contributed by atoms with E-state index in [1.165, 1.54) is 22.3 Å². The lowest BCUT2D eigenvalue weighted by Gasteiger charge is -2.18. The van der Waals surface area contributed by atoms with Crippen LogP contribution in [-0.4, -0.2) is 0 Å². The number of allylic oxidation sites excluding steroid dienone is 6. The molecule has 0 aliphatic heterocycles. The second-order valence-corrected chi connectivity index (χ2v) is 5.84. The molecule has 18 heavy (non-hydrogen) atoms. The Morgan fingerprint density at radius 2 is 1.67 bits per heavy atom. The van der Waals surface area contributed by atoms with Crippen molar-refractivity contribution < 1.29 is 0 Å². The molecule has 0 unspecified atom stereocenters.